The van der Waals surface area contributed by atoms with Crippen LogP contribution in [0.5, 0.6) is 0 Å². The second kappa shape index (κ2) is 5.72. The number of aromatic nitrogens is 2. The summed E-state index contributed by atoms with van der Waals surface area (Å²) in [7, 11) is 1.92. The van der Waals surface area contributed by atoms with Crippen molar-refractivity contribution >= 4 is 0 Å². The monoisotopic (exact) mass is 183 g/mol. The molecule has 2 N–H and O–H groups in total. The Kier molecular flexibility index (Phi) is 4.49. The molecule has 4 nitrogen and oxygen atoms in total. The summed E-state index contributed by atoms with van der Waals surface area (Å²) in [5, 5.41) is 16.0. The third-order valence-corrected chi connectivity index (χ3v) is 1.84. The molecule has 4 heteroatoms. The average molecular weight is 183 g/mol. The number of aliphatic hydroxyl groups excluding tert-OH is 1. The van der Waals surface area contributed by atoms with Crippen LogP contribution < -0.4 is 5.32 Å². The van der Waals surface area contributed by atoms with Gasteiger partial charge in [-0.15, -0.1) is 0 Å². The first kappa shape index (κ1) is 10.2. The molecule has 0 fully saturated rings. The molecule has 1 aromatic rings. The van der Waals surface area contributed by atoms with Crippen LogP contribution in [0.4, 0.5) is 0 Å². The zero-order chi connectivity index (χ0) is 9.52. The van der Waals surface area contributed by atoms with E-state index in [2.05, 4.69) is 10.4 Å². The van der Waals surface area contributed by atoms with Crippen LogP contribution in [-0.4, -0.2) is 34.6 Å². The van der Waals surface area contributed by atoms with Crippen LogP contribution in [0, 0.1) is 0 Å². The van der Waals surface area contributed by atoms with Crippen molar-refractivity contribution in [3.05, 3.63) is 18.0 Å². The van der Waals surface area contributed by atoms with Crippen LogP contribution in [-0.2, 0) is 13.5 Å². The third kappa shape index (κ3) is 4.05. The molecule has 0 aromatic carbocycles. The van der Waals surface area contributed by atoms with Gasteiger partial charge in [0.15, 0.2) is 0 Å². The highest BCUT2D eigenvalue weighted by Crippen LogP contribution is 1.93. The molecular formula is C9H17N3O. The van der Waals surface area contributed by atoms with Crippen molar-refractivity contribution < 1.29 is 5.11 Å². The van der Waals surface area contributed by atoms with Gasteiger partial charge in [-0.2, -0.15) is 5.10 Å². The summed E-state index contributed by atoms with van der Waals surface area (Å²) in [6, 6.07) is 2.02. The van der Waals surface area contributed by atoms with Crippen molar-refractivity contribution in [2.24, 2.45) is 7.05 Å². The van der Waals surface area contributed by atoms with Crippen LogP contribution >= 0.6 is 0 Å². The maximum atomic E-state index is 8.53. The van der Waals surface area contributed by atoms with Crippen LogP contribution in [0.25, 0.3) is 0 Å². The average Bonchev–Trinajstić information content (AvgIpc) is 2.51. The van der Waals surface area contributed by atoms with Crippen molar-refractivity contribution in [2.75, 3.05) is 19.7 Å². The lowest BCUT2D eigenvalue weighted by Gasteiger charge is -2.00. The zero-order valence-electron chi connectivity index (χ0n) is 8.03. The lowest BCUT2D eigenvalue weighted by molar-refractivity contribution is 0.286. The number of hydrogen-bond acceptors (Lipinski definition) is 3. The summed E-state index contributed by atoms with van der Waals surface area (Å²) in [6.07, 6.45) is 3.72. The van der Waals surface area contributed by atoms with E-state index in [1.165, 1.54) is 0 Å². The molecule has 0 aliphatic rings. The maximum Gasteiger partial charge on any atom is 0.0637 e. The van der Waals surface area contributed by atoms with Gasteiger partial charge in [0.05, 0.1) is 5.69 Å². The lowest BCUT2D eigenvalue weighted by Crippen LogP contribution is -2.19. The first-order valence-electron chi connectivity index (χ1n) is 4.63. The Bertz CT molecular complexity index is 235. The van der Waals surface area contributed by atoms with Crippen LogP contribution in [0.3, 0.4) is 0 Å². The predicted octanol–water partition coefficient (Wildman–Crippen LogP) is -0.0654. The summed E-state index contributed by atoms with van der Waals surface area (Å²) in [5.41, 5.74) is 1.11. The van der Waals surface area contributed by atoms with E-state index in [-0.39, 0.29) is 6.61 Å². The minimum Gasteiger partial charge on any atom is -0.396 e. The van der Waals surface area contributed by atoms with Gasteiger partial charge in [0, 0.05) is 32.8 Å². The smallest absolute Gasteiger partial charge is 0.0637 e. The van der Waals surface area contributed by atoms with E-state index in [9.17, 15) is 0 Å². The Morgan fingerprint density at radius 1 is 1.54 bits per heavy atom. The highest BCUT2D eigenvalue weighted by molar-refractivity contribution is 4.98. The zero-order valence-corrected chi connectivity index (χ0v) is 8.03. The minimum atomic E-state index is 0.261. The number of aliphatic hydroxyl groups is 1. The fourth-order valence-corrected chi connectivity index (χ4v) is 1.14. The highest BCUT2D eigenvalue weighted by Gasteiger charge is 1.95. The normalized spacial score (nSPS) is 10.6. The second-order valence-corrected chi connectivity index (χ2v) is 3.06. The molecule has 0 bridgehead atoms. The standard InChI is InChI=1S/C9H17N3O/c1-12-7-4-9(11-12)3-6-10-5-2-8-13/h4,7,10,13H,2-3,5-6,8H2,1H3. The quantitative estimate of drug-likeness (QED) is 0.607. The summed E-state index contributed by atoms with van der Waals surface area (Å²) < 4.78 is 1.81. The van der Waals surface area contributed by atoms with Gasteiger partial charge in [-0.05, 0) is 19.0 Å². The number of nitrogens with zero attached hydrogens (tertiary/aromatic N) is 2. The summed E-state index contributed by atoms with van der Waals surface area (Å²) in [6.45, 7) is 2.07. The molecule has 1 heterocycles. The Balaban J connectivity index is 2.06. The molecule has 0 spiro atoms. The van der Waals surface area contributed by atoms with Gasteiger partial charge in [0.1, 0.15) is 0 Å². The van der Waals surface area contributed by atoms with Crippen molar-refractivity contribution in [3.63, 3.8) is 0 Å². The van der Waals surface area contributed by atoms with E-state index in [1.807, 2.05) is 24.0 Å². The lowest BCUT2D eigenvalue weighted by atomic mass is 10.3. The molecule has 0 unspecified atom stereocenters. The Labute approximate surface area is 78.6 Å². The van der Waals surface area contributed by atoms with Gasteiger partial charge in [-0.3, -0.25) is 4.68 Å². The fraction of sp³-hybridized carbons (Fsp3) is 0.667. The van der Waals surface area contributed by atoms with E-state index < -0.39 is 0 Å². The van der Waals surface area contributed by atoms with Crippen molar-refractivity contribution in [1.29, 1.82) is 0 Å². The molecule has 0 atom stereocenters. The molecule has 1 aromatic heterocycles. The van der Waals surface area contributed by atoms with Crippen LogP contribution in [0.2, 0.25) is 0 Å². The summed E-state index contributed by atoms with van der Waals surface area (Å²) in [5.74, 6) is 0. The molecule has 0 amide bonds. The number of rotatable bonds is 6. The minimum absolute atomic E-state index is 0.261. The Hall–Kier alpha value is -0.870. The Morgan fingerprint density at radius 3 is 3.00 bits per heavy atom. The fourth-order valence-electron chi connectivity index (χ4n) is 1.14. The van der Waals surface area contributed by atoms with Crippen molar-refractivity contribution in [2.45, 2.75) is 12.8 Å². The summed E-state index contributed by atoms with van der Waals surface area (Å²) in [4.78, 5) is 0. The molecular weight excluding hydrogens is 166 g/mol. The first-order valence-corrected chi connectivity index (χ1v) is 4.63. The molecule has 13 heavy (non-hydrogen) atoms. The third-order valence-electron chi connectivity index (χ3n) is 1.84. The molecule has 0 aliphatic heterocycles. The van der Waals surface area contributed by atoms with Crippen LogP contribution in [0.1, 0.15) is 12.1 Å². The van der Waals surface area contributed by atoms with E-state index in [0.29, 0.717) is 0 Å². The molecule has 74 valence electrons. The molecule has 0 saturated carbocycles. The highest BCUT2D eigenvalue weighted by atomic mass is 16.3. The number of nitrogens with one attached hydrogen (secondary N) is 1. The Morgan fingerprint density at radius 2 is 2.38 bits per heavy atom. The van der Waals surface area contributed by atoms with Gasteiger partial charge in [0.2, 0.25) is 0 Å². The largest absolute Gasteiger partial charge is 0.396 e. The first-order chi connectivity index (χ1) is 6.33. The van der Waals surface area contributed by atoms with E-state index in [1.54, 1.807) is 0 Å². The SMILES string of the molecule is Cn1ccc(CCNCCCO)n1. The van der Waals surface area contributed by atoms with Gasteiger partial charge < -0.3 is 10.4 Å². The predicted molar refractivity (Wildman–Crippen MR) is 51.5 cm³/mol. The van der Waals surface area contributed by atoms with E-state index >= 15 is 0 Å². The van der Waals surface area contributed by atoms with Gasteiger partial charge >= 0.3 is 0 Å². The number of aryl methyl sites for hydroxylation is 1. The van der Waals surface area contributed by atoms with Crippen LogP contribution in [0.15, 0.2) is 12.3 Å². The van der Waals surface area contributed by atoms with Crippen molar-refractivity contribution in [3.8, 4) is 0 Å². The van der Waals surface area contributed by atoms with Gasteiger partial charge in [-0.1, -0.05) is 0 Å². The molecule has 0 aliphatic carbocycles. The van der Waals surface area contributed by atoms with Crippen molar-refractivity contribution in [1.82, 2.24) is 15.1 Å². The van der Waals surface area contributed by atoms with Gasteiger partial charge in [0.25, 0.3) is 0 Å². The van der Waals surface area contributed by atoms with E-state index in [0.717, 1.165) is 31.6 Å². The van der Waals surface area contributed by atoms with E-state index in [4.69, 9.17) is 5.11 Å². The molecule has 1 rings (SSSR count). The van der Waals surface area contributed by atoms with Gasteiger partial charge in [-0.25, -0.2) is 0 Å². The number of hydrogen-bond donors (Lipinski definition) is 2. The maximum absolute atomic E-state index is 8.53. The second-order valence-electron chi connectivity index (χ2n) is 3.06. The summed E-state index contributed by atoms with van der Waals surface area (Å²) >= 11 is 0. The molecule has 0 radical (unpaired) electrons. The topological polar surface area (TPSA) is 50.1 Å². The molecule has 0 saturated heterocycles.